The topological polar surface area (TPSA) is 49.3 Å². The number of hydrogen-bond acceptors (Lipinski definition) is 2. The fraction of sp³-hybridized carbons (Fsp3) is 0.222. The number of anilines is 1. The zero-order chi connectivity index (χ0) is 9.14. The average molecular weight is 165 g/mol. The van der Waals surface area contributed by atoms with Crippen molar-refractivity contribution in [1.82, 2.24) is 0 Å². The van der Waals surface area contributed by atoms with Crippen LogP contribution >= 0.6 is 0 Å². The van der Waals surface area contributed by atoms with Gasteiger partial charge < -0.3 is 10.4 Å². The van der Waals surface area contributed by atoms with E-state index in [4.69, 9.17) is 5.11 Å². The monoisotopic (exact) mass is 165 g/mol. The molecule has 0 heterocycles. The van der Waals surface area contributed by atoms with Gasteiger partial charge in [-0.3, -0.25) is 4.79 Å². The Morgan fingerprint density at radius 3 is 2.67 bits per heavy atom. The van der Waals surface area contributed by atoms with Gasteiger partial charge in [-0.2, -0.15) is 0 Å². The third-order valence-electron chi connectivity index (χ3n) is 1.52. The van der Waals surface area contributed by atoms with Crippen LogP contribution in [0.2, 0.25) is 0 Å². The summed E-state index contributed by atoms with van der Waals surface area (Å²) in [5.41, 5.74) is 1.59. The van der Waals surface area contributed by atoms with E-state index in [1.165, 1.54) is 13.0 Å². The van der Waals surface area contributed by atoms with Gasteiger partial charge in [-0.1, -0.05) is 0 Å². The molecule has 0 aliphatic carbocycles. The van der Waals surface area contributed by atoms with E-state index in [2.05, 4.69) is 5.32 Å². The molecule has 3 nitrogen and oxygen atoms in total. The first-order valence-electron chi connectivity index (χ1n) is 3.67. The van der Waals surface area contributed by atoms with Crippen molar-refractivity contribution in [2.24, 2.45) is 0 Å². The second-order valence-corrected chi connectivity index (χ2v) is 2.68. The Morgan fingerprint density at radius 2 is 2.17 bits per heavy atom. The first kappa shape index (κ1) is 8.59. The van der Waals surface area contributed by atoms with Gasteiger partial charge >= 0.3 is 0 Å². The minimum Gasteiger partial charge on any atom is -0.508 e. The van der Waals surface area contributed by atoms with Crippen LogP contribution in [0, 0.1) is 6.92 Å². The molecule has 0 saturated carbocycles. The number of carbonyl (C=O) groups is 1. The van der Waals surface area contributed by atoms with E-state index in [1.807, 2.05) is 6.92 Å². The number of hydrogen-bond donors (Lipinski definition) is 2. The summed E-state index contributed by atoms with van der Waals surface area (Å²) in [4.78, 5) is 10.7. The second kappa shape index (κ2) is 3.26. The van der Waals surface area contributed by atoms with Crippen LogP contribution in [-0.2, 0) is 4.79 Å². The maximum Gasteiger partial charge on any atom is 0.221 e. The second-order valence-electron chi connectivity index (χ2n) is 2.68. The lowest BCUT2D eigenvalue weighted by atomic mass is 10.2. The predicted molar refractivity (Wildman–Crippen MR) is 47.1 cm³/mol. The van der Waals surface area contributed by atoms with Crippen LogP contribution in [0.15, 0.2) is 18.2 Å². The Labute approximate surface area is 71.0 Å². The molecule has 0 unspecified atom stereocenters. The lowest BCUT2D eigenvalue weighted by molar-refractivity contribution is -0.114. The van der Waals surface area contributed by atoms with E-state index >= 15 is 0 Å². The Morgan fingerprint density at radius 1 is 1.50 bits per heavy atom. The predicted octanol–water partition coefficient (Wildman–Crippen LogP) is 1.66. The number of amides is 1. The maximum atomic E-state index is 10.7. The van der Waals surface area contributed by atoms with Crippen molar-refractivity contribution in [2.45, 2.75) is 13.8 Å². The highest BCUT2D eigenvalue weighted by Gasteiger charge is 1.99. The van der Waals surface area contributed by atoms with Crippen LogP contribution in [0.3, 0.4) is 0 Å². The third-order valence-corrected chi connectivity index (χ3v) is 1.52. The van der Waals surface area contributed by atoms with Crippen LogP contribution in [0.4, 0.5) is 5.69 Å². The molecule has 0 aromatic heterocycles. The van der Waals surface area contributed by atoms with E-state index < -0.39 is 0 Å². The highest BCUT2D eigenvalue weighted by molar-refractivity contribution is 5.89. The van der Waals surface area contributed by atoms with Crippen molar-refractivity contribution in [3.8, 4) is 5.75 Å². The number of phenols is 1. The summed E-state index contributed by atoms with van der Waals surface area (Å²) in [6.07, 6.45) is 0. The van der Waals surface area contributed by atoms with Gasteiger partial charge in [0.2, 0.25) is 5.91 Å². The molecule has 0 radical (unpaired) electrons. The standard InChI is InChI=1S/C9H11NO2/c1-6-5-8(12)3-4-9(6)10-7(2)11/h3-5,12H,1-2H3,(H,10,11). The smallest absolute Gasteiger partial charge is 0.221 e. The molecule has 0 saturated heterocycles. The van der Waals surface area contributed by atoms with Crippen LogP contribution in [0.25, 0.3) is 0 Å². The molecular weight excluding hydrogens is 154 g/mol. The van der Waals surface area contributed by atoms with Gasteiger partial charge in [-0.15, -0.1) is 0 Å². The largest absolute Gasteiger partial charge is 0.508 e. The van der Waals surface area contributed by atoms with Crippen LogP contribution in [0.5, 0.6) is 5.75 Å². The number of rotatable bonds is 1. The number of aryl methyl sites for hydroxylation is 1. The lowest BCUT2D eigenvalue weighted by Gasteiger charge is -2.05. The van der Waals surface area contributed by atoms with Crippen molar-refractivity contribution < 1.29 is 9.90 Å². The SMILES string of the molecule is CC(=O)Nc1ccc(O)cc1C. The summed E-state index contributed by atoms with van der Waals surface area (Å²) in [5.74, 6) is 0.102. The highest BCUT2D eigenvalue weighted by atomic mass is 16.3. The molecule has 1 aromatic rings. The summed E-state index contributed by atoms with van der Waals surface area (Å²) >= 11 is 0. The van der Waals surface area contributed by atoms with E-state index in [1.54, 1.807) is 12.1 Å². The molecule has 0 aliphatic rings. The molecule has 0 fully saturated rings. The van der Waals surface area contributed by atoms with Crippen molar-refractivity contribution in [3.05, 3.63) is 23.8 Å². The maximum absolute atomic E-state index is 10.7. The zero-order valence-corrected chi connectivity index (χ0v) is 7.09. The van der Waals surface area contributed by atoms with Crippen LogP contribution < -0.4 is 5.32 Å². The van der Waals surface area contributed by atoms with Crippen molar-refractivity contribution in [2.75, 3.05) is 5.32 Å². The first-order chi connectivity index (χ1) is 5.59. The molecular formula is C9H11NO2. The van der Waals surface area contributed by atoms with Gasteiger partial charge in [0.25, 0.3) is 0 Å². The average Bonchev–Trinajstić information content (AvgIpc) is 1.94. The number of carbonyl (C=O) groups excluding carboxylic acids is 1. The quantitative estimate of drug-likeness (QED) is 0.622. The van der Waals surface area contributed by atoms with Gasteiger partial charge in [0, 0.05) is 12.6 Å². The number of phenolic OH excluding ortho intramolecular Hbond substituents is 1. The molecule has 2 N–H and O–H groups in total. The van der Waals surface area contributed by atoms with Crippen molar-refractivity contribution in [1.29, 1.82) is 0 Å². The molecule has 64 valence electrons. The Kier molecular flexibility index (Phi) is 2.33. The first-order valence-corrected chi connectivity index (χ1v) is 3.67. The third kappa shape index (κ3) is 1.99. The van der Waals surface area contributed by atoms with E-state index in [-0.39, 0.29) is 11.7 Å². The Bertz CT molecular complexity index is 307. The molecule has 0 bridgehead atoms. The molecule has 0 aliphatic heterocycles. The molecule has 3 heteroatoms. The molecule has 1 aromatic carbocycles. The Balaban J connectivity index is 2.93. The minimum atomic E-state index is -0.108. The van der Waals surface area contributed by atoms with E-state index in [9.17, 15) is 4.79 Å². The summed E-state index contributed by atoms with van der Waals surface area (Å²) < 4.78 is 0. The van der Waals surface area contributed by atoms with Gasteiger partial charge in [0.1, 0.15) is 5.75 Å². The van der Waals surface area contributed by atoms with E-state index in [0.717, 1.165) is 11.3 Å². The van der Waals surface area contributed by atoms with Crippen LogP contribution in [0.1, 0.15) is 12.5 Å². The highest BCUT2D eigenvalue weighted by Crippen LogP contribution is 2.19. The fourth-order valence-electron chi connectivity index (χ4n) is 0.978. The number of benzene rings is 1. The number of aromatic hydroxyl groups is 1. The molecule has 0 atom stereocenters. The summed E-state index contributed by atoms with van der Waals surface area (Å²) in [5, 5.41) is 11.7. The van der Waals surface area contributed by atoms with Crippen molar-refractivity contribution >= 4 is 11.6 Å². The van der Waals surface area contributed by atoms with Crippen molar-refractivity contribution in [3.63, 3.8) is 0 Å². The van der Waals surface area contributed by atoms with Gasteiger partial charge in [-0.25, -0.2) is 0 Å². The molecule has 0 spiro atoms. The fourth-order valence-corrected chi connectivity index (χ4v) is 0.978. The zero-order valence-electron chi connectivity index (χ0n) is 7.09. The van der Waals surface area contributed by atoms with Gasteiger partial charge in [-0.05, 0) is 30.7 Å². The lowest BCUT2D eigenvalue weighted by Crippen LogP contribution is -2.06. The molecule has 1 amide bonds. The number of nitrogens with one attached hydrogen (secondary N) is 1. The summed E-state index contributed by atoms with van der Waals surface area (Å²) in [6.45, 7) is 3.28. The Hall–Kier alpha value is -1.51. The normalized spacial score (nSPS) is 9.50. The van der Waals surface area contributed by atoms with Gasteiger partial charge in [0.05, 0.1) is 0 Å². The van der Waals surface area contributed by atoms with Crippen LogP contribution in [-0.4, -0.2) is 11.0 Å². The molecule has 12 heavy (non-hydrogen) atoms. The summed E-state index contributed by atoms with van der Waals surface area (Å²) in [6, 6.07) is 4.82. The summed E-state index contributed by atoms with van der Waals surface area (Å²) in [7, 11) is 0. The molecule has 1 rings (SSSR count). The minimum absolute atomic E-state index is 0.108. The van der Waals surface area contributed by atoms with E-state index in [0.29, 0.717) is 0 Å². The van der Waals surface area contributed by atoms with Gasteiger partial charge in [0.15, 0.2) is 0 Å².